The quantitative estimate of drug-likeness (QED) is 0.744. The maximum atomic E-state index is 13.0. The van der Waals surface area contributed by atoms with E-state index in [0.29, 0.717) is 17.2 Å². The number of benzene rings is 1. The molecule has 0 aliphatic heterocycles. The van der Waals surface area contributed by atoms with E-state index in [4.69, 9.17) is 0 Å². The lowest BCUT2D eigenvalue weighted by Crippen LogP contribution is -2.38. The second kappa shape index (κ2) is 7.18. The lowest BCUT2D eigenvalue weighted by molar-refractivity contribution is 0.247. The number of carbonyl (C=O) groups is 1. The SMILES string of the molecule is CC(Cn1cncn1)NC(=O)Nc1scnc1-c1ccc(F)cc1. The van der Waals surface area contributed by atoms with Crippen molar-refractivity contribution in [3.63, 3.8) is 0 Å². The van der Waals surface area contributed by atoms with Crippen LogP contribution in [-0.4, -0.2) is 31.8 Å². The summed E-state index contributed by atoms with van der Waals surface area (Å²) in [7, 11) is 0. The van der Waals surface area contributed by atoms with E-state index < -0.39 is 0 Å². The summed E-state index contributed by atoms with van der Waals surface area (Å²) in [5.41, 5.74) is 2.98. The maximum Gasteiger partial charge on any atom is 0.320 e. The third kappa shape index (κ3) is 3.93. The van der Waals surface area contributed by atoms with Gasteiger partial charge in [-0.05, 0) is 31.2 Å². The average Bonchev–Trinajstić information content (AvgIpc) is 3.20. The molecular weight excluding hydrogens is 331 g/mol. The first kappa shape index (κ1) is 16.1. The fourth-order valence-corrected chi connectivity index (χ4v) is 2.86. The van der Waals surface area contributed by atoms with Crippen LogP contribution in [0.3, 0.4) is 0 Å². The van der Waals surface area contributed by atoms with Gasteiger partial charge in [0.15, 0.2) is 0 Å². The van der Waals surface area contributed by atoms with Crippen LogP contribution in [0.4, 0.5) is 14.2 Å². The van der Waals surface area contributed by atoms with Gasteiger partial charge in [0.05, 0.1) is 12.1 Å². The van der Waals surface area contributed by atoms with Gasteiger partial charge in [-0.2, -0.15) is 5.10 Å². The van der Waals surface area contributed by atoms with Crippen LogP contribution in [0.25, 0.3) is 11.3 Å². The fourth-order valence-electron chi connectivity index (χ4n) is 2.16. The molecule has 0 radical (unpaired) electrons. The smallest absolute Gasteiger partial charge is 0.320 e. The molecule has 1 unspecified atom stereocenters. The van der Waals surface area contributed by atoms with E-state index in [2.05, 4.69) is 25.7 Å². The van der Waals surface area contributed by atoms with E-state index in [1.165, 1.54) is 29.8 Å². The minimum absolute atomic E-state index is 0.131. The molecule has 0 spiro atoms. The van der Waals surface area contributed by atoms with E-state index >= 15 is 0 Å². The van der Waals surface area contributed by atoms with Gasteiger partial charge in [-0.15, -0.1) is 11.3 Å². The first-order chi connectivity index (χ1) is 11.6. The summed E-state index contributed by atoms with van der Waals surface area (Å²) in [5.74, 6) is -0.317. The number of amides is 2. The van der Waals surface area contributed by atoms with Crippen molar-refractivity contribution < 1.29 is 9.18 Å². The Morgan fingerprint density at radius 2 is 2.17 bits per heavy atom. The van der Waals surface area contributed by atoms with Crippen LogP contribution >= 0.6 is 11.3 Å². The summed E-state index contributed by atoms with van der Waals surface area (Å²) < 4.78 is 14.7. The lowest BCUT2D eigenvalue weighted by atomic mass is 10.1. The van der Waals surface area contributed by atoms with E-state index in [0.717, 1.165) is 5.56 Å². The van der Waals surface area contributed by atoms with Crippen molar-refractivity contribution in [2.24, 2.45) is 0 Å². The van der Waals surface area contributed by atoms with Gasteiger partial charge in [0.1, 0.15) is 29.2 Å². The van der Waals surface area contributed by atoms with Crippen molar-refractivity contribution in [3.05, 3.63) is 48.2 Å². The number of halogens is 1. The van der Waals surface area contributed by atoms with Crippen molar-refractivity contribution in [2.45, 2.75) is 19.5 Å². The zero-order valence-corrected chi connectivity index (χ0v) is 13.6. The summed E-state index contributed by atoms with van der Waals surface area (Å²) in [6.07, 6.45) is 3.03. The molecule has 7 nitrogen and oxygen atoms in total. The second-order valence-electron chi connectivity index (χ2n) is 5.15. The maximum absolute atomic E-state index is 13.0. The molecule has 2 aromatic heterocycles. The molecule has 124 valence electrons. The second-order valence-corrected chi connectivity index (χ2v) is 6.01. The van der Waals surface area contributed by atoms with Crippen LogP contribution in [0.15, 0.2) is 42.4 Å². The van der Waals surface area contributed by atoms with Crippen molar-refractivity contribution in [2.75, 3.05) is 5.32 Å². The van der Waals surface area contributed by atoms with E-state index in [1.807, 2.05) is 6.92 Å². The van der Waals surface area contributed by atoms with Gasteiger partial charge in [0.2, 0.25) is 0 Å². The molecule has 3 rings (SSSR count). The van der Waals surface area contributed by atoms with Crippen LogP contribution in [0.1, 0.15) is 6.92 Å². The Labute approximate surface area is 141 Å². The predicted octanol–water partition coefficient (Wildman–Crippen LogP) is 2.75. The largest absolute Gasteiger partial charge is 0.334 e. The predicted molar refractivity (Wildman–Crippen MR) is 89.1 cm³/mol. The third-order valence-electron chi connectivity index (χ3n) is 3.22. The van der Waals surface area contributed by atoms with E-state index in [1.54, 1.807) is 28.7 Å². The highest BCUT2D eigenvalue weighted by molar-refractivity contribution is 7.14. The molecule has 2 N–H and O–H groups in total. The monoisotopic (exact) mass is 346 g/mol. The number of hydrogen-bond acceptors (Lipinski definition) is 5. The Bertz CT molecular complexity index is 802. The molecule has 3 aromatic rings. The molecule has 24 heavy (non-hydrogen) atoms. The Balaban J connectivity index is 1.63. The van der Waals surface area contributed by atoms with Gasteiger partial charge in [0.25, 0.3) is 0 Å². The molecule has 0 saturated heterocycles. The molecule has 2 amide bonds. The van der Waals surface area contributed by atoms with Gasteiger partial charge in [-0.1, -0.05) is 0 Å². The standard InChI is InChI=1S/C15H15FN6OS/c1-10(6-22-8-17-7-19-22)20-15(23)21-14-13(18-9-24-14)11-2-4-12(16)5-3-11/h2-5,7-10H,6H2,1H3,(H2,20,21,23). The highest BCUT2D eigenvalue weighted by Crippen LogP contribution is 2.30. The number of urea groups is 1. The molecular formula is C15H15FN6OS. The zero-order chi connectivity index (χ0) is 16.9. The van der Waals surface area contributed by atoms with Crippen LogP contribution < -0.4 is 10.6 Å². The summed E-state index contributed by atoms with van der Waals surface area (Å²) in [5, 5.41) is 10.2. The Morgan fingerprint density at radius 3 is 2.88 bits per heavy atom. The zero-order valence-electron chi connectivity index (χ0n) is 12.8. The highest BCUT2D eigenvalue weighted by Gasteiger charge is 2.14. The van der Waals surface area contributed by atoms with Crippen molar-refractivity contribution in [1.82, 2.24) is 25.1 Å². The molecule has 0 aliphatic carbocycles. The van der Waals surface area contributed by atoms with Crippen molar-refractivity contribution in [3.8, 4) is 11.3 Å². The Morgan fingerprint density at radius 1 is 1.38 bits per heavy atom. The molecule has 0 saturated carbocycles. The summed E-state index contributed by atoms with van der Waals surface area (Å²) in [6.45, 7) is 2.38. The number of carbonyl (C=O) groups excluding carboxylic acids is 1. The molecule has 0 bridgehead atoms. The average molecular weight is 346 g/mol. The van der Waals surface area contributed by atoms with E-state index in [-0.39, 0.29) is 17.9 Å². The lowest BCUT2D eigenvalue weighted by Gasteiger charge is -2.14. The number of hydrogen-bond donors (Lipinski definition) is 2. The summed E-state index contributed by atoms with van der Waals surface area (Å²) in [4.78, 5) is 20.2. The number of thiazole rings is 1. The summed E-state index contributed by atoms with van der Waals surface area (Å²) in [6, 6.07) is 5.50. The van der Waals surface area contributed by atoms with Crippen molar-refractivity contribution in [1.29, 1.82) is 0 Å². The fraction of sp³-hybridized carbons (Fsp3) is 0.200. The highest BCUT2D eigenvalue weighted by atomic mass is 32.1. The molecule has 2 heterocycles. The third-order valence-corrected chi connectivity index (χ3v) is 3.96. The van der Waals surface area contributed by atoms with Crippen LogP contribution in [0.5, 0.6) is 0 Å². The molecule has 9 heteroatoms. The Kier molecular flexibility index (Phi) is 4.80. The topological polar surface area (TPSA) is 84.7 Å². The van der Waals surface area contributed by atoms with Gasteiger partial charge in [-0.25, -0.2) is 19.2 Å². The first-order valence-corrected chi connectivity index (χ1v) is 8.09. The molecule has 1 aromatic carbocycles. The number of rotatable bonds is 5. The number of anilines is 1. The van der Waals surface area contributed by atoms with E-state index in [9.17, 15) is 9.18 Å². The van der Waals surface area contributed by atoms with Crippen molar-refractivity contribution >= 4 is 22.4 Å². The molecule has 0 aliphatic rings. The van der Waals surface area contributed by atoms with Crippen LogP contribution in [0.2, 0.25) is 0 Å². The van der Waals surface area contributed by atoms with Crippen LogP contribution in [0, 0.1) is 5.82 Å². The normalized spacial score (nSPS) is 11.9. The van der Waals surface area contributed by atoms with Gasteiger partial charge >= 0.3 is 6.03 Å². The summed E-state index contributed by atoms with van der Waals surface area (Å²) >= 11 is 1.30. The molecule has 1 atom stereocenters. The Hall–Kier alpha value is -2.81. The number of nitrogens with zero attached hydrogens (tertiary/aromatic N) is 4. The number of nitrogens with one attached hydrogen (secondary N) is 2. The molecule has 0 fully saturated rings. The van der Waals surface area contributed by atoms with Crippen LogP contribution in [-0.2, 0) is 6.54 Å². The first-order valence-electron chi connectivity index (χ1n) is 7.21. The van der Waals surface area contributed by atoms with Gasteiger partial charge < -0.3 is 5.32 Å². The van der Waals surface area contributed by atoms with Gasteiger partial charge in [-0.3, -0.25) is 10.00 Å². The minimum atomic E-state index is -0.338. The van der Waals surface area contributed by atoms with Gasteiger partial charge in [0, 0.05) is 11.6 Å². The minimum Gasteiger partial charge on any atom is -0.334 e. The number of aromatic nitrogens is 4.